The van der Waals surface area contributed by atoms with Crippen LogP contribution >= 0.6 is 0 Å². The van der Waals surface area contributed by atoms with Crippen molar-refractivity contribution in [1.29, 1.82) is 0 Å². The van der Waals surface area contributed by atoms with Crippen LogP contribution in [0.5, 0.6) is 0 Å². The molecule has 35 heavy (non-hydrogen) atoms. The molecule has 0 aliphatic carbocycles. The van der Waals surface area contributed by atoms with Gasteiger partial charge >= 0.3 is 0 Å². The van der Waals surface area contributed by atoms with Gasteiger partial charge in [0.1, 0.15) is 0 Å². The lowest BCUT2D eigenvalue weighted by Gasteiger charge is -2.46. The van der Waals surface area contributed by atoms with E-state index in [0.717, 1.165) is 25.7 Å². The average Bonchev–Trinajstić information content (AvgIpc) is 2.87. The van der Waals surface area contributed by atoms with E-state index < -0.39 is 8.32 Å². The minimum absolute atomic E-state index is 0.0511. The molecule has 0 aromatic heterocycles. The topological polar surface area (TPSA) is 29.5 Å². The van der Waals surface area contributed by atoms with Gasteiger partial charge in [0.05, 0.1) is 0 Å². The molecule has 0 fully saturated rings. The highest BCUT2D eigenvalue weighted by Crippen LogP contribution is 2.39. The molecule has 2 nitrogen and oxygen atoms in total. The van der Waals surface area contributed by atoms with E-state index in [2.05, 4.69) is 131 Å². The molecule has 3 aromatic carbocycles. The fourth-order valence-corrected chi connectivity index (χ4v) is 9.79. The van der Waals surface area contributed by atoms with Gasteiger partial charge in [0.2, 0.25) is 0 Å². The van der Waals surface area contributed by atoms with E-state index >= 15 is 0 Å². The standard InChI is InChI=1S/C32H42O2Si/c1-27(17-16-20-28-18-8-5-9-19-28)31(25-14-15-26-33)34-35(32(2,3)4,29-21-10-6-11-22-29)30-23-12-7-13-24-30/h5-13,16,18-24,27,31,33H,14-15,17,25-26H2,1-4H3/b20-16+/t27-,31-/m1/s1. The van der Waals surface area contributed by atoms with E-state index in [1.165, 1.54) is 15.9 Å². The van der Waals surface area contributed by atoms with Gasteiger partial charge in [0.25, 0.3) is 8.32 Å². The van der Waals surface area contributed by atoms with Crippen LogP contribution in [0.3, 0.4) is 0 Å². The van der Waals surface area contributed by atoms with Gasteiger partial charge in [0, 0.05) is 12.7 Å². The Morgan fingerprint density at radius 1 is 0.800 bits per heavy atom. The third-order valence-electron chi connectivity index (χ3n) is 6.89. The van der Waals surface area contributed by atoms with Crippen LogP contribution in [-0.2, 0) is 4.43 Å². The van der Waals surface area contributed by atoms with Gasteiger partial charge in [-0.05, 0) is 52.6 Å². The predicted octanol–water partition coefficient (Wildman–Crippen LogP) is 6.83. The summed E-state index contributed by atoms with van der Waals surface area (Å²) in [6, 6.07) is 32.3. The summed E-state index contributed by atoms with van der Waals surface area (Å²) in [7, 11) is -2.63. The predicted molar refractivity (Wildman–Crippen MR) is 153 cm³/mol. The van der Waals surface area contributed by atoms with E-state index in [4.69, 9.17) is 4.43 Å². The Morgan fingerprint density at radius 3 is 1.80 bits per heavy atom. The van der Waals surface area contributed by atoms with Crippen molar-refractivity contribution in [2.45, 2.75) is 64.5 Å². The monoisotopic (exact) mass is 486 g/mol. The lowest BCUT2D eigenvalue weighted by molar-refractivity contribution is 0.117. The smallest absolute Gasteiger partial charge is 0.261 e. The van der Waals surface area contributed by atoms with Crippen LogP contribution in [0.1, 0.15) is 58.9 Å². The van der Waals surface area contributed by atoms with E-state index in [9.17, 15) is 5.11 Å². The Morgan fingerprint density at radius 2 is 1.31 bits per heavy atom. The fourth-order valence-electron chi connectivity index (χ4n) is 4.97. The van der Waals surface area contributed by atoms with Crippen LogP contribution in [0.2, 0.25) is 5.04 Å². The molecule has 0 saturated carbocycles. The van der Waals surface area contributed by atoms with Crippen molar-refractivity contribution in [3.05, 3.63) is 103 Å². The lowest BCUT2D eigenvalue weighted by atomic mass is 9.96. The highest BCUT2D eigenvalue weighted by atomic mass is 28.4. The molecule has 0 radical (unpaired) electrons. The van der Waals surface area contributed by atoms with Gasteiger partial charge < -0.3 is 9.53 Å². The maximum atomic E-state index is 9.46. The number of benzene rings is 3. The molecule has 1 N–H and O–H groups in total. The summed E-state index contributed by atoms with van der Waals surface area (Å²) in [4.78, 5) is 0. The summed E-state index contributed by atoms with van der Waals surface area (Å²) < 4.78 is 7.51. The fraction of sp³-hybridized carbons (Fsp3) is 0.375. The molecule has 3 aromatic rings. The molecule has 3 rings (SSSR count). The number of unbranched alkanes of at least 4 members (excludes halogenated alkanes) is 1. The molecule has 0 spiro atoms. The zero-order valence-electron chi connectivity index (χ0n) is 21.9. The molecule has 0 aliphatic heterocycles. The van der Waals surface area contributed by atoms with Crippen molar-refractivity contribution in [1.82, 2.24) is 0 Å². The van der Waals surface area contributed by atoms with Crippen LogP contribution in [0, 0.1) is 5.92 Å². The Bertz CT molecular complexity index is 970. The minimum atomic E-state index is -2.63. The van der Waals surface area contributed by atoms with Gasteiger partial charge in [-0.1, -0.05) is 131 Å². The third-order valence-corrected chi connectivity index (χ3v) is 12.0. The van der Waals surface area contributed by atoms with E-state index in [-0.39, 0.29) is 17.7 Å². The van der Waals surface area contributed by atoms with Gasteiger partial charge in [0.15, 0.2) is 0 Å². The maximum Gasteiger partial charge on any atom is 0.261 e. The van der Waals surface area contributed by atoms with Crippen molar-refractivity contribution in [3.8, 4) is 0 Å². The highest BCUT2D eigenvalue weighted by molar-refractivity contribution is 6.99. The van der Waals surface area contributed by atoms with Gasteiger partial charge in [-0.15, -0.1) is 0 Å². The first-order chi connectivity index (χ1) is 16.9. The number of allylic oxidation sites excluding steroid dienone is 1. The number of hydrogen-bond acceptors (Lipinski definition) is 2. The largest absolute Gasteiger partial charge is 0.404 e. The number of aliphatic hydroxyl groups excluding tert-OH is 1. The molecule has 0 saturated heterocycles. The van der Waals surface area contributed by atoms with Crippen LogP contribution < -0.4 is 10.4 Å². The van der Waals surface area contributed by atoms with Crippen molar-refractivity contribution in [2.75, 3.05) is 6.61 Å². The molecule has 186 valence electrons. The second kappa shape index (κ2) is 13.0. The van der Waals surface area contributed by atoms with E-state index in [1.54, 1.807) is 0 Å². The molecule has 3 heteroatoms. The highest BCUT2D eigenvalue weighted by Gasteiger charge is 2.51. The summed E-state index contributed by atoms with van der Waals surface area (Å²) in [6.45, 7) is 9.56. The van der Waals surface area contributed by atoms with Crippen LogP contribution in [-0.4, -0.2) is 26.1 Å². The Hall–Kier alpha value is -2.46. The molecule has 0 heterocycles. The van der Waals surface area contributed by atoms with E-state index in [1.807, 2.05) is 0 Å². The SMILES string of the molecule is C[C@H](C/C=C/c1ccccc1)[C@@H](CCCCO)O[Si](c1ccccc1)(c1ccccc1)C(C)(C)C. The summed E-state index contributed by atoms with van der Waals surface area (Å²) in [5.41, 5.74) is 1.23. The second-order valence-corrected chi connectivity index (χ2v) is 14.8. The molecule has 0 aliphatic rings. The van der Waals surface area contributed by atoms with Gasteiger partial charge in [-0.3, -0.25) is 0 Å². The summed E-state index contributed by atoms with van der Waals surface area (Å²) in [5, 5.41) is 12.0. The molecule has 0 amide bonds. The molecule has 0 unspecified atom stereocenters. The molecule has 0 bridgehead atoms. The average molecular weight is 487 g/mol. The van der Waals surface area contributed by atoms with Crippen molar-refractivity contribution in [3.63, 3.8) is 0 Å². The maximum absolute atomic E-state index is 9.46. The minimum Gasteiger partial charge on any atom is -0.404 e. The first-order valence-corrected chi connectivity index (χ1v) is 14.9. The van der Waals surface area contributed by atoms with Crippen LogP contribution in [0.15, 0.2) is 97.1 Å². The zero-order valence-corrected chi connectivity index (χ0v) is 22.9. The second-order valence-electron chi connectivity index (χ2n) is 10.6. The Balaban J connectivity index is 1.98. The van der Waals surface area contributed by atoms with Crippen LogP contribution in [0.4, 0.5) is 0 Å². The van der Waals surface area contributed by atoms with Crippen LogP contribution in [0.25, 0.3) is 6.08 Å². The van der Waals surface area contributed by atoms with Crippen molar-refractivity contribution in [2.24, 2.45) is 5.92 Å². The lowest BCUT2D eigenvalue weighted by Crippen LogP contribution is -2.68. The first kappa shape index (κ1) is 27.1. The summed E-state index contributed by atoms with van der Waals surface area (Å²) in [5.74, 6) is 0.357. The normalized spacial score (nSPS) is 14.2. The van der Waals surface area contributed by atoms with Gasteiger partial charge in [-0.25, -0.2) is 0 Å². The molecule has 2 atom stereocenters. The first-order valence-electron chi connectivity index (χ1n) is 13.0. The molecular formula is C32H42O2Si. The van der Waals surface area contributed by atoms with Crippen molar-refractivity contribution < 1.29 is 9.53 Å². The third kappa shape index (κ3) is 7.04. The van der Waals surface area contributed by atoms with Crippen molar-refractivity contribution >= 4 is 24.8 Å². The summed E-state index contributed by atoms with van der Waals surface area (Å²) >= 11 is 0. The summed E-state index contributed by atoms with van der Waals surface area (Å²) in [6.07, 6.45) is 8.28. The molecular weight excluding hydrogens is 444 g/mol. The Labute approximate surface area is 213 Å². The quantitative estimate of drug-likeness (QED) is 0.224. The number of hydrogen-bond donors (Lipinski definition) is 1. The van der Waals surface area contributed by atoms with E-state index in [0.29, 0.717) is 5.92 Å². The van der Waals surface area contributed by atoms with Gasteiger partial charge in [-0.2, -0.15) is 0 Å². The number of aliphatic hydroxyl groups is 1. The number of rotatable bonds is 12. The zero-order chi connectivity index (χ0) is 25.2. The Kier molecular flexibility index (Phi) is 10.1.